The fraction of sp³-hybridized carbons (Fsp3) is 0.391. The van der Waals surface area contributed by atoms with Gasteiger partial charge in [-0.1, -0.05) is 18.2 Å². The minimum Gasteiger partial charge on any atom is -0.497 e. The molecule has 2 aliphatic rings. The van der Waals surface area contributed by atoms with Crippen molar-refractivity contribution in [3.63, 3.8) is 0 Å². The van der Waals surface area contributed by atoms with Crippen LogP contribution in [-0.2, 0) is 24.4 Å². The fourth-order valence-electron chi connectivity index (χ4n) is 4.55. The van der Waals surface area contributed by atoms with Gasteiger partial charge in [0.15, 0.2) is 0 Å². The molecular weight excluding hydrogens is 380 g/mol. The molecule has 30 heavy (non-hydrogen) atoms. The van der Waals surface area contributed by atoms with Crippen molar-refractivity contribution in [1.29, 1.82) is 0 Å². The molecule has 1 aromatic carbocycles. The van der Waals surface area contributed by atoms with Crippen molar-refractivity contribution in [2.75, 3.05) is 27.3 Å². The van der Waals surface area contributed by atoms with Gasteiger partial charge in [0.1, 0.15) is 23.8 Å². The Hall–Kier alpha value is -2.90. The Morgan fingerprint density at radius 2 is 2.03 bits per heavy atom. The van der Waals surface area contributed by atoms with Gasteiger partial charge in [0.05, 0.1) is 32.7 Å². The second-order valence-electron chi connectivity index (χ2n) is 7.98. The minimum atomic E-state index is -0.198. The van der Waals surface area contributed by atoms with Crippen molar-refractivity contribution in [3.05, 3.63) is 60.2 Å². The van der Waals surface area contributed by atoms with Gasteiger partial charge < -0.3 is 18.8 Å². The highest BCUT2D eigenvalue weighted by Gasteiger charge is 2.43. The number of hydrogen-bond donors (Lipinski definition) is 0. The summed E-state index contributed by atoms with van der Waals surface area (Å²) >= 11 is 0. The summed E-state index contributed by atoms with van der Waals surface area (Å²) < 4.78 is 19.5. The molecule has 3 aromatic rings. The second kappa shape index (κ2) is 7.74. The molecule has 0 N–H and O–H groups in total. The Bertz CT molecular complexity index is 1050. The van der Waals surface area contributed by atoms with Gasteiger partial charge in [-0.05, 0) is 24.6 Å². The van der Waals surface area contributed by atoms with Crippen molar-refractivity contribution in [1.82, 2.24) is 19.4 Å². The number of likely N-dealkylation sites (tertiary alicyclic amines) is 1. The SMILES string of the molecule is COc1cccc(-c2cnc3n2CC2(CCN(Cc4cccnc4OC)C2)OC3)c1. The van der Waals surface area contributed by atoms with E-state index < -0.39 is 0 Å². The van der Waals surface area contributed by atoms with Crippen LogP contribution in [0.1, 0.15) is 17.8 Å². The van der Waals surface area contributed by atoms with Gasteiger partial charge in [-0.2, -0.15) is 0 Å². The lowest BCUT2D eigenvalue weighted by Gasteiger charge is -2.35. The molecule has 7 heteroatoms. The number of imidazole rings is 1. The Morgan fingerprint density at radius 3 is 2.90 bits per heavy atom. The highest BCUT2D eigenvalue weighted by molar-refractivity contribution is 5.61. The highest BCUT2D eigenvalue weighted by Crippen LogP contribution is 2.36. The maximum atomic E-state index is 6.37. The first kappa shape index (κ1) is 19.1. The summed E-state index contributed by atoms with van der Waals surface area (Å²) in [5.74, 6) is 2.52. The zero-order chi connectivity index (χ0) is 20.6. The van der Waals surface area contributed by atoms with Crippen molar-refractivity contribution in [2.45, 2.75) is 31.7 Å². The summed E-state index contributed by atoms with van der Waals surface area (Å²) in [7, 11) is 3.36. The average Bonchev–Trinajstić information content (AvgIpc) is 3.38. The molecule has 1 spiro atoms. The summed E-state index contributed by atoms with van der Waals surface area (Å²) in [6.07, 6.45) is 4.70. The van der Waals surface area contributed by atoms with Gasteiger partial charge in [0.25, 0.3) is 0 Å². The topological polar surface area (TPSA) is 61.6 Å². The molecular formula is C23H26N4O3. The maximum Gasteiger partial charge on any atom is 0.217 e. The molecule has 5 rings (SSSR count). The predicted molar refractivity (Wildman–Crippen MR) is 112 cm³/mol. The number of nitrogens with zero attached hydrogens (tertiary/aromatic N) is 4. The van der Waals surface area contributed by atoms with E-state index in [1.807, 2.05) is 24.4 Å². The van der Waals surface area contributed by atoms with E-state index in [-0.39, 0.29) is 5.60 Å². The van der Waals surface area contributed by atoms with Crippen LogP contribution in [0.25, 0.3) is 11.3 Å². The number of methoxy groups -OCH3 is 2. The third kappa shape index (κ3) is 3.44. The first-order valence-corrected chi connectivity index (χ1v) is 10.2. The first-order chi connectivity index (χ1) is 14.7. The standard InChI is InChI=1S/C23H26N4O3/c1-28-19-7-3-5-17(11-19)20-12-25-21-14-30-23(16-27(20)21)8-10-26(15-23)13-18-6-4-9-24-22(18)29-2/h3-7,9,11-12H,8,10,13-16H2,1-2H3. The summed E-state index contributed by atoms with van der Waals surface area (Å²) in [6.45, 7) is 4.00. The molecule has 0 bridgehead atoms. The third-order valence-electron chi connectivity index (χ3n) is 6.09. The van der Waals surface area contributed by atoms with Crippen LogP contribution in [0.15, 0.2) is 48.8 Å². The van der Waals surface area contributed by atoms with E-state index in [0.29, 0.717) is 12.5 Å². The largest absolute Gasteiger partial charge is 0.497 e. The Kier molecular flexibility index (Phi) is 4.92. The number of aromatic nitrogens is 3. The van der Waals surface area contributed by atoms with Gasteiger partial charge in [-0.15, -0.1) is 0 Å². The molecule has 1 fully saturated rings. The summed E-state index contributed by atoms with van der Waals surface area (Å²) in [5.41, 5.74) is 3.13. The molecule has 4 heterocycles. The molecule has 2 aromatic heterocycles. The van der Waals surface area contributed by atoms with Crippen molar-refractivity contribution in [3.8, 4) is 22.9 Å². The Balaban J connectivity index is 1.36. The van der Waals surface area contributed by atoms with Crippen LogP contribution in [0.4, 0.5) is 0 Å². The number of fused-ring (bicyclic) bond motifs is 1. The zero-order valence-electron chi connectivity index (χ0n) is 17.4. The van der Waals surface area contributed by atoms with Crippen molar-refractivity contribution >= 4 is 0 Å². The van der Waals surface area contributed by atoms with Crippen LogP contribution in [-0.4, -0.2) is 52.3 Å². The summed E-state index contributed by atoms with van der Waals surface area (Å²) in [5, 5.41) is 0. The molecule has 0 aliphatic carbocycles. The smallest absolute Gasteiger partial charge is 0.217 e. The molecule has 156 valence electrons. The molecule has 2 aliphatic heterocycles. The molecule has 7 nitrogen and oxygen atoms in total. The van der Waals surface area contributed by atoms with Gasteiger partial charge in [0.2, 0.25) is 5.88 Å². The summed E-state index contributed by atoms with van der Waals surface area (Å²) in [4.78, 5) is 11.4. The molecule has 0 amide bonds. The van der Waals surface area contributed by atoms with Crippen LogP contribution in [0, 0.1) is 0 Å². The fourth-order valence-corrected chi connectivity index (χ4v) is 4.55. The first-order valence-electron chi connectivity index (χ1n) is 10.2. The molecule has 0 radical (unpaired) electrons. The lowest BCUT2D eigenvalue weighted by atomic mass is 10.0. The van der Waals surface area contributed by atoms with Crippen molar-refractivity contribution < 1.29 is 14.2 Å². The molecule has 1 saturated heterocycles. The summed E-state index contributed by atoms with van der Waals surface area (Å²) in [6, 6.07) is 12.2. The van der Waals surface area contributed by atoms with Crippen LogP contribution in [0.5, 0.6) is 11.6 Å². The third-order valence-corrected chi connectivity index (χ3v) is 6.09. The number of pyridine rings is 1. The van der Waals surface area contributed by atoms with Gasteiger partial charge in [-0.3, -0.25) is 4.90 Å². The van der Waals surface area contributed by atoms with Crippen LogP contribution in [0.2, 0.25) is 0 Å². The Labute approximate surface area is 176 Å². The van der Waals surface area contributed by atoms with Crippen molar-refractivity contribution in [2.24, 2.45) is 0 Å². The van der Waals surface area contributed by atoms with E-state index in [4.69, 9.17) is 14.2 Å². The van der Waals surface area contributed by atoms with E-state index in [0.717, 1.165) is 61.0 Å². The van der Waals surface area contributed by atoms with E-state index in [1.54, 1.807) is 20.4 Å². The van der Waals surface area contributed by atoms with Gasteiger partial charge in [-0.25, -0.2) is 9.97 Å². The lowest BCUT2D eigenvalue weighted by molar-refractivity contribution is -0.0821. The van der Waals surface area contributed by atoms with Crippen LogP contribution >= 0.6 is 0 Å². The van der Waals surface area contributed by atoms with E-state index in [1.165, 1.54) is 0 Å². The van der Waals surface area contributed by atoms with E-state index in [9.17, 15) is 0 Å². The second-order valence-corrected chi connectivity index (χ2v) is 7.98. The number of hydrogen-bond acceptors (Lipinski definition) is 6. The van der Waals surface area contributed by atoms with Gasteiger partial charge >= 0.3 is 0 Å². The number of benzene rings is 1. The number of ether oxygens (including phenoxy) is 3. The number of rotatable bonds is 5. The minimum absolute atomic E-state index is 0.198. The molecule has 1 unspecified atom stereocenters. The lowest BCUT2D eigenvalue weighted by Crippen LogP contribution is -2.44. The monoisotopic (exact) mass is 406 g/mol. The van der Waals surface area contributed by atoms with Gasteiger partial charge in [0, 0.05) is 37.0 Å². The predicted octanol–water partition coefficient (Wildman–Crippen LogP) is 3.14. The average molecular weight is 406 g/mol. The zero-order valence-corrected chi connectivity index (χ0v) is 17.4. The quantitative estimate of drug-likeness (QED) is 0.649. The molecule has 0 saturated carbocycles. The Morgan fingerprint density at radius 1 is 1.10 bits per heavy atom. The highest BCUT2D eigenvalue weighted by atomic mass is 16.5. The van der Waals surface area contributed by atoms with Crippen LogP contribution in [0.3, 0.4) is 0 Å². The normalized spacial score (nSPS) is 21.0. The van der Waals surface area contributed by atoms with E-state index in [2.05, 4.69) is 37.6 Å². The molecule has 1 atom stereocenters. The van der Waals surface area contributed by atoms with Crippen LogP contribution < -0.4 is 9.47 Å². The van der Waals surface area contributed by atoms with E-state index >= 15 is 0 Å². The maximum absolute atomic E-state index is 6.37.